The van der Waals surface area contributed by atoms with Crippen LogP contribution < -0.4 is 10.1 Å². The number of nitrogens with one attached hydrogen (secondary N) is 1. The predicted octanol–water partition coefficient (Wildman–Crippen LogP) is 4.76. The lowest BCUT2D eigenvalue weighted by Gasteiger charge is -2.14. The Kier molecular flexibility index (Phi) is 5.43. The second-order valence-corrected chi connectivity index (χ2v) is 6.15. The van der Waals surface area contributed by atoms with Crippen molar-refractivity contribution in [2.75, 3.05) is 6.61 Å². The Hall–Kier alpha value is -0.840. The van der Waals surface area contributed by atoms with E-state index in [-0.39, 0.29) is 0 Å². The molecule has 102 valence electrons. The van der Waals surface area contributed by atoms with E-state index in [1.807, 2.05) is 19.1 Å². The fourth-order valence-electron chi connectivity index (χ4n) is 1.83. The van der Waals surface area contributed by atoms with Crippen LogP contribution in [0.25, 0.3) is 0 Å². The minimum Gasteiger partial charge on any atom is -0.494 e. The Morgan fingerprint density at radius 1 is 1.26 bits per heavy atom. The summed E-state index contributed by atoms with van der Waals surface area (Å²) >= 11 is 5.32. The van der Waals surface area contributed by atoms with Crippen molar-refractivity contribution in [3.05, 3.63) is 50.6 Å². The van der Waals surface area contributed by atoms with E-state index >= 15 is 0 Å². The van der Waals surface area contributed by atoms with Gasteiger partial charge in [-0.15, -0.1) is 11.3 Å². The van der Waals surface area contributed by atoms with Crippen molar-refractivity contribution in [1.29, 1.82) is 0 Å². The maximum atomic E-state index is 5.45. The summed E-state index contributed by atoms with van der Waals surface area (Å²) in [6, 6.07) is 10.7. The lowest BCUT2D eigenvalue weighted by Crippen LogP contribution is -2.17. The van der Waals surface area contributed by atoms with Crippen molar-refractivity contribution in [2.45, 2.75) is 26.4 Å². The van der Waals surface area contributed by atoms with Crippen molar-refractivity contribution >= 4 is 27.3 Å². The van der Waals surface area contributed by atoms with Gasteiger partial charge in [-0.2, -0.15) is 0 Å². The lowest BCUT2D eigenvalue weighted by molar-refractivity contribution is 0.340. The molecule has 19 heavy (non-hydrogen) atoms. The van der Waals surface area contributed by atoms with Gasteiger partial charge in [-0.1, -0.05) is 12.1 Å². The van der Waals surface area contributed by atoms with E-state index in [0.29, 0.717) is 12.6 Å². The lowest BCUT2D eigenvalue weighted by atomic mass is 10.1. The summed E-state index contributed by atoms with van der Waals surface area (Å²) < 4.78 is 6.63. The average molecular weight is 340 g/mol. The van der Waals surface area contributed by atoms with E-state index < -0.39 is 0 Å². The fraction of sp³-hybridized carbons (Fsp3) is 0.333. The van der Waals surface area contributed by atoms with Gasteiger partial charge in [-0.3, -0.25) is 0 Å². The number of halogens is 1. The number of hydrogen-bond acceptors (Lipinski definition) is 3. The van der Waals surface area contributed by atoms with Crippen LogP contribution in [0, 0.1) is 0 Å². The van der Waals surface area contributed by atoms with Gasteiger partial charge in [0, 0.05) is 21.9 Å². The van der Waals surface area contributed by atoms with Crippen LogP contribution in [0.5, 0.6) is 5.75 Å². The zero-order valence-electron chi connectivity index (χ0n) is 11.2. The van der Waals surface area contributed by atoms with Gasteiger partial charge in [0.25, 0.3) is 0 Å². The minimum absolute atomic E-state index is 0.324. The van der Waals surface area contributed by atoms with Gasteiger partial charge in [0.2, 0.25) is 0 Å². The smallest absolute Gasteiger partial charge is 0.119 e. The van der Waals surface area contributed by atoms with Crippen LogP contribution in [0.2, 0.25) is 0 Å². The first-order valence-corrected chi connectivity index (χ1v) is 8.06. The summed E-state index contributed by atoms with van der Waals surface area (Å²) in [5.74, 6) is 0.930. The molecule has 0 spiro atoms. The third kappa shape index (κ3) is 4.06. The highest BCUT2D eigenvalue weighted by Gasteiger charge is 2.07. The maximum Gasteiger partial charge on any atom is 0.119 e. The number of ether oxygens (including phenoxy) is 1. The summed E-state index contributed by atoms with van der Waals surface area (Å²) in [4.78, 5) is 1.33. The van der Waals surface area contributed by atoms with Gasteiger partial charge >= 0.3 is 0 Å². The first kappa shape index (κ1) is 14.6. The summed E-state index contributed by atoms with van der Waals surface area (Å²) in [6.45, 7) is 5.76. The van der Waals surface area contributed by atoms with E-state index in [1.165, 1.54) is 14.9 Å². The molecule has 1 aromatic carbocycles. The first-order chi connectivity index (χ1) is 9.20. The molecule has 0 aliphatic carbocycles. The van der Waals surface area contributed by atoms with Crippen LogP contribution in [0.4, 0.5) is 0 Å². The summed E-state index contributed by atoms with van der Waals surface area (Å²) in [5.41, 5.74) is 1.27. The second-order valence-electron chi connectivity index (χ2n) is 4.30. The van der Waals surface area contributed by atoms with Crippen LogP contribution in [0.1, 0.15) is 30.3 Å². The molecule has 0 saturated heterocycles. The van der Waals surface area contributed by atoms with E-state index in [9.17, 15) is 0 Å². The Morgan fingerprint density at radius 3 is 2.58 bits per heavy atom. The molecule has 1 unspecified atom stereocenters. The van der Waals surface area contributed by atoms with Crippen LogP contribution in [-0.4, -0.2) is 6.61 Å². The maximum absolute atomic E-state index is 5.45. The van der Waals surface area contributed by atoms with Gasteiger partial charge in [-0.25, -0.2) is 0 Å². The molecule has 2 nitrogen and oxygen atoms in total. The first-order valence-electron chi connectivity index (χ1n) is 6.38. The van der Waals surface area contributed by atoms with E-state index in [4.69, 9.17) is 4.74 Å². The Balaban J connectivity index is 1.92. The van der Waals surface area contributed by atoms with Gasteiger partial charge in [0.1, 0.15) is 5.75 Å². The monoisotopic (exact) mass is 339 g/mol. The Bertz CT molecular complexity index is 509. The minimum atomic E-state index is 0.324. The van der Waals surface area contributed by atoms with Crippen LogP contribution in [0.3, 0.4) is 0 Å². The zero-order chi connectivity index (χ0) is 13.7. The molecule has 1 atom stereocenters. The van der Waals surface area contributed by atoms with E-state index in [1.54, 1.807) is 11.3 Å². The summed E-state index contributed by atoms with van der Waals surface area (Å²) in [6.07, 6.45) is 0. The quantitative estimate of drug-likeness (QED) is 0.819. The number of benzene rings is 1. The van der Waals surface area contributed by atoms with Crippen LogP contribution in [0.15, 0.2) is 40.2 Å². The highest BCUT2D eigenvalue weighted by Crippen LogP contribution is 2.24. The van der Waals surface area contributed by atoms with E-state index in [2.05, 4.69) is 51.7 Å². The standard InChI is InChI=1S/C15H18BrNOS/c1-3-18-13-6-4-12(5-7-13)11(2)17-10-15-14(16)8-9-19-15/h4-9,11,17H,3,10H2,1-2H3. The third-order valence-corrected chi connectivity index (χ3v) is 4.88. The summed E-state index contributed by atoms with van der Waals surface area (Å²) in [5, 5.41) is 5.63. The van der Waals surface area contributed by atoms with Gasteiger partial charge in [0.05, 0.1) is 6.61 Å². The molecule has 0 fully saturated rings. The molecule has 0 saturated carbocycles. The third-order valence-electron chi connectivity index (χ3n) is 2.95. The molecule has 1 heterocycles. The topological polar surface area (TPSA) is 21.3 Å². The SMILES string of the molecule is CCOc1ccc(C(C)NCc2sccc2Br)cc1. The molecule has 0 amide bonds. The molecule has 1 N–H and O–H groups in total. The zero-order valence-corrected chi connectivity index (χ0v) is 13.6. The normalized spacial score (nSPS) is 12.4. The number of thiophene rings is 1. The predicted molar refractivity (Wildman–Crippen MR) is 84.9 cm³/mol. The average Bonchev–Trinajstić information content (AvgIpc) is 2.83. The molecule has 2 rings (SSSR count). The van der Waals surface area contributed by atoms with Crippen LogP contribution in [-0.2, 0) is 6.54 Å². The largest absolute Gasteiger partial charge is 0.494 e. The van der Waals surface area contributed by atoms with Gasteiger partial charge in [0.15, 0.2) is 0 Å². The highest BCUT2D eigenvalue weighted by molar-refractivity contribution is 9.10. The van der Waals surface area contributed by atoms with E-state index in [0.717, 1.165) is 12.3 Å². The fourth-order valence-corrected chi connectivity index (χ4v) is 3.28. The molecular formula is C15H18BrNOS. The molecule has 0 aliphatic rings. The number of hydrogen-bond donors (Lipinski definition) is 1. The second kappa shape index (κ2) is 7.08. The van der Waals surface area contributed by atoms with Crippen molar-refractivity contribution in [2.24, 2.45) is 0 Å². The van der Waals surface area contributed by atoms with Gasteiger partial charge < -0.3 is 10.1 Å². The van der Waals surface area contributed by atoms with Gasteiger partial charge in [-0.05, 0) is 58.9 Å². The Morgan fingerprint density at radius 2 is 2.00 bits per heavy atom. The Labute approximate surface area is 126 Å². The van der Waals surface area contributed by atoms with Crippen molar-refractivity contribution in [3.8, 4) is 5.75 Å². The van der Waals surface area contributed by atoms with Crippen molar-refractivity contribution in [3.63, 3.8) is 0 Å². The van der Waals surface area contributed by atoms with Crippen molar-refractivity contribution < 1.29 is 4.74 Å². The highest BCUT2D eigenvalue weighted by atomic mass is 79.9. The molecular weight excluding hydrogens is 322 g/mol. The molecule has 1 aromatic heterocycles. The summed E-state index contributed by atoms with van der Waals surface area (Å²) in [7, 11) is 0. The van der Waals surface area contributed by atoms with Crippen molar-refractivity contribution in [1.82, 2.24) is 5.32 Å². The molecule has 0 aliphatic heterocycles. The molecule has 0 bridgehead atoms. The molecule has 4 heteroatoms. The molecule has 2 aromatic rings. The molecule has 0 radical (unpaired) electrons. The number of rotatable bonds is 6. The van der Waals surface area contributed by atoms with Crippen LogP contribution >= 0.6 is 27.3 Å².